The predicted molar refractivity (Wildman–Crippen MR) is 116 cm³/mol. The minimum absolute atomic E-state index is 0.130. The third-order valence-electron chi connectivity index (χ3n) is 5.00. The molecule has 0 saturated heterocycles. The van der Waals surface area contributed by atoms with Crippen LogP contribution in [0.25, 0.3) is 27.9 Å². The molecule has 7 heteroatoms. The average molecular weight is 390 g/mol. The van der Waals surface area contributed by atoms with Crippen molar-refractivity contribution in [2.45, 2.75) is 19.9 Å². The number of nitrogens with zero attached hydrogens (tertiary/aromatic N) is 5. The fraction of sp³-hybridized carbons (Fsp3) is 0.318. The standard InChI is InChI=1S/C22H26N6O/c1-15(2)27-17-9-6-5-8-16(17)20-18(27)14-19(21(29)23-12-13-26(3)4)28(20)22-24-10-7-11-25-22/h5-11,14-15H,12-13H2,1-4H3,(H,23,29). The Morgan fingerprint density at radius 3 is 2.52 bits per heavy atom. The molecule has 1 aromatic carbocycles. The van der Waals surface area contributed by atoms with E-state index in [0.29, 0.717) is 18.2 Å². The van der Waals surface area contributed by atoms with E-state index in [2.05, 4.69) is 45.8 Å². The molecule has 0 aliphatic carbocycles. The van der Waals surface area contributed by atoms with E-state index in [4.69, 9.17) is 0 Å². The highest BCUT2D eigenvalue weighted by Gasteiger charge is 2.24. The maximum absolute atomic E-state index is 13.1. The highest BCUT2D eigenvalue weighted by atomic mass is 16.1. The monoisotopic (exact) mass is 390 g/mol. The molecule has 4 aromatic rings. The second-order valence-electron chi connectivity index (χ2n) is 7.69. The van der Waals surface area contributed by atoms with Gasteiger partial charge in [0, 0.05) is 36.9 Å². The van der Waals surface area contributed by atoms with Crippen LogP contribution in [0.2, 0.25) is 0 Å². The third kappa shape index (κ3) is 3.38. The average Bonchev–Trinajstić information content (AvgIpc) is 3.22. The number of carbonyl (C=O) groups excluding carboxylic acids is 1. The van der Waals surface area contributed by atoms with Gasteiger partial charge in [0.15, 0.2) is 0 Å². The number of aromatic nitrogens is 4. The summed E-state index contributed by atoms with van der Waals surface area (Å²) in [6, 6.07) is 12.2. The van der Waals surface area contributed by atoms with Gasteiger partial charge in [-0.1, -0.05) is 18.2 Å². The third-order valence-corrected chi connectivity index (χ3v) is 5.00. The Balaban J connectivity index is 1.96. The van der Waals surface area contributed by atoms with Gasteiger partial charge in [0.2, 0.25) is 5.95 Å². The molecule has 1 N–H and O–H groups in total. The molecular weight excluding hydrogens is 364 g/mol. The Bertz CT molecular complexity index is 1160. The first-order valence-corrected chi connectivity index (χ1v) is 9.83. The quantitative estimate of drug-likeness (QED) is 0.549. The molecule has 0 bridgehead atoms. The lowest BCUT2D eigenvalue weighted by atomic mass is 10.2. The van der Waals surface area contributed by atoms with E-state index in [1.807, 2.05) is 41.8 Å². The lowest BCUT2D eigenvalue weighted by Gasteiger charge is -2.12. The van der Waals surface area contributed by atoms with E-state index in [-0.39, 0.29) is 11.9 Å². The zero-order chi connectivity index (χ0) is 20.5. The number of nitrogens with one attached hydrogen (secondary N) is 1. The molecule has 0 unspecified atom stereocenters. The number of para-hydroxylation sites is 1. The van der Waals surface area contributed by atoms with Gasteiger partial charge in [-0.2, -0.15) is 0 Å². The Kier molecular flexibility index (Phi) is 5.07. The van der Waals surface area contributed by atoms with Gasteiger partial charge in [0.05, 0.1) is 16.6 Å². The fourth-order valence-corrected chi connectivity index (χ4v) is 3.77. The SMILES string of the molecule is CC(C)n1c2ccccc2c2c1cc(C(=O)NCCN(C)C)n2-c1ncccn1. The predicted octanol–water partition coefficient (Wildman–Crippen LogP) is 3.25. The maximum Gasteiger partial charge on any atom is 0.268 e. The van der Waals surface area contributed by atoms with Crippen molar-refractivity contribution in [1.82, 2.24) is 29.3 Å². The van der Waals surface area contributed by atoms with Crippen molar-refractivity contribution in [3.8, 4) is 5.95 Å². The van der Waals surface area contributed by atoms with E-state index in [9.17, 15) is 4.79 Å². The van der Waals surface area contributed by atoms with Crippen LogP contribution in [0.3, 0.4) is 0 Å². The van der Waals surface area contributed by atoms with E-state index < -0.39 is 0 Å². The summed E-state index contributed by atoms with van der Waals surface area (Å²) in [5.41, 5.74) is 3.64. The van der Waals surface area contributed by atoms with Crippen molar-refractivity contribution in [1.29, 1.82) is 0 Å². The minimum atomic E-state index is -0.130. The number of fused-ring (bicyclic) bond motifs is 3. The Labute approximate surface area is 170 Å². The van der Waals surface area contributed by atoms with Crippen LogP contribution >= 0.6 is 0 Å². The van der Waals surface area contributed by atoms with Gasteiger partial charge in [0.25, 0.3) is 5.91 Å². The molecule has 0 aliphatic rings. The molecule has 4 rings (SSSR count). The summed E-state index contributed by atoms with van der Waals surface area (Å²) in [7, 11) is 3.97. The first-order chi connectivity index (χ1) is 14.0. The number of hydrogen-bond acceptors (Lipinski definition) is 4. The number of rotatable bonds is 6. The summed E-state index contributed by atoms with van der Waals surface area (Å²) < 4.78 is 4.14. The van der Waals surface area contributed by atoms with Gasteiger partial charge >= 0.3 is 0 Å². The second-order valence-corrected chi connectivity index (χ2v) is 7.69. The van der Waals surface area contributed by atoms with E-state index in [0.717, 1.165) is 28.5 Å². The summed E-state index contributed by atoms with van der Waals surface area (Å²) in [6.45, 7) is 5.65. The molecule has 29 heavy (non-hydrogen) atoms. The van der Waals surface area contributed by atoms with Gasteiger partial charge in [-0.25, -0.2) is 9.97 Å². The van der Waals surface area contributed by atoms with E-state index >= 15 is 0 Å². The molecule has 0 aliphatic heterocycles. The van der Waals surface area contributed by atoms with E-state index in [1.54, 1.807) is 18.5 Å². The summed E-state index contributed by atoms with van der Waals surface area (Å²) >= 11 is 0. The van der Waals surface area contributed by atoms with Gasteiger partial charge in [0.1, 0.15) is 5.69 Å². The van der Waals surface area contributed by atoms with E-state index in [1.165, 1.54) is 0 Å². The number of hydrogen-bond donors (Lipinski definition) is 1. The van der Waals surface area contributed by atoms with Crippen molar-refractivity contribution in [3.63, 3.8) is 0 Å². The van der Waals surface area contributed by atoms with Crippen molar-refractivity contribution in [2.24, 2.45) is 0 Å². The number of benzene rings is 1. The summed E-state index contributed by atoms with van der Waals surface area (Å²) in [4.78, 5) is 24.0. The molecule has 0 spiro atoms. The van der Waals surface area contributed by atoms with Gasteiger partial charge in [-0.15, -0.1) is 0 Å². The van der Waals surface area contributed by atoms with Crippen LogP contribution in [-0.2, 0) is 0 Å². The van der Waals surface area contributed by atoms with Gasteiger partial charge < -0.3 is 14.8 Å². The first-order valence-electron chi connectivity index (χ1n) is 9.83. The summed E-state index contributed by atoms with van der Waals surface area (Å²) in [6.07, 6.45) is 3.40. The van der Waals surface area contributed by atoms with Crippen molar-refractivity contribution < 1.29 is 4.79 Å². The lowest BCUT2D eigenvalue weighted by molar-refractivity contribution is 0.0944. The molecular formula is C22H26N6O. The molecule has 1 amide bonds. The molecule has 0 fully saturated rings. The fourth-order valence-electron chi connectivity index (χ4n) is 3.77. The van der Waals surface area contributed by atoms with Crippen LogP contribution in [0.15, 0.2) is 48.8 Å². The molecule has 7 nitrogen and oxygen atoms in total. The lowest BCUT2D eigenvalue weighted by Crippen LogP contribution is -2.32. The largest absolute Gasteiger partial charge is 0.349 e. The normalized spacial score (nSPS) is 11.8. The van der Waals surface area contributed by atoms with Crippen LogP contribution in [0.1, 0.15) is 30.4 Å². The molecule has 0 saturated carbocycles. The van der Waals surface area contributed by atoms with Crippen molar-refractivity contribution >= 4 is 27.8 Å². The number of carbonyl (C=O) groups is 1. The molecule has 3 heterocycles. The van der Waals surface area contributed by atoms with Crippen LogP contribution in [0.4, 0.5) is 0 Å². The highest BCUT2D eigenvalue weighted by molar-refractivity contribution is 6.11. The van der Waals surface area contributed by atoms with Crippen molar-refractivity contribution in [3.05, 3.63) is 54.5 Å². The highest BCUT2D eigenvalue weighted by Crippen LogP contribution is 2.35. The second kappa shape index (κ2) is 7.67. The van der Waals surface area contributed by atoms with Crippen molar-refractivity contribution in [2.75, 3.05) is 27.2 Å². The van der Waals surface area contributed by atoms with Gasteiger partial charge in [-0.05, 0) is 46.1 Å². The topological polar surface area (TPSA) is 68.0 Å². The molecule has 0 atom stereocenters. The van der Waals surface area contributed by atoms with Gasteiger partial charge in [-0.3, -0.25) is 9.36 Å². The first kappa shape index (κ1) is 19.1. The minimum Gasteiger partial charge on any atom is -0.349 e. The number of likely N-dealkylation sites (N-methyl/N-ethyl adjacent to an activating group) is 1. The molecule has 150 valence electrons. The Hall–Kier alpha value is -3.19. The van der Waals surface area contributed by atoms with Crippen LogP contribution in [-0.4, -0.2) is 57.1 Å². The van der Waals surface area contributed by atoms with Crippen LogP contribution in [0.5, 0.6) is 0 Å². The Morgan fingerprint density at radius 1 is 1.10 bits per heavy atom. The zero-order valence-corrected chi connectivity index (χ0v) is 17.3. The van der Waals surface area contributed by atoms with Crippen LogP contribution < -0.4 is 5.32 Å². The van der Waals surface area contributed by atoms with Crippen LogP contribution in [0, 0.1) is 0 Å². The number of amides is 1. The molecule has 3 aromatic heterocycles. The summed E-state index contributed by atoms with van der Waals surface area (Å²) in [5.74, 6) is 0.363. The maximum atomic E-state index is 13.1. The summed E-state index contributed by atoms with van der Waals surface area (Å²) in [5, 5.41) is 4.10. The zero-order valence-electron chi connectivity index (χ0n) is 17.3. The smallest absolute Gasteiger partial charge is 0.268 e. The Morgan fingerprint density at radius 2 is 1.83 bits per heavy atom. The molecule has 0 radical (unpaired) electrons.